The van der Waals surface area contributed by atoms with E-state index in [-0.39, 0.29) is 63.9 Å². The van der Waals surface area contributed by atoms with E-state index in [9.17, 15) is 15.0 Å². The third-order valence-electron chi connectivity index (χ3n) is 3.71. The van der Waals surface area contributed by atoms with Gasteiger partial charge in [-0.3, -0.25) is 0 Å². The van der Waals surface area contributed by atoms with Crippen molar-refractivity contribution in [3.05, 3.63) is 12.2 Å². The average molecular weight is 337 g/mol. The molecule has 0 saturated heterocycles. The number of carboxylic acid groups (broad SMARTS) is 1. The van der Waals surface area contributed by atoms with Crippen molar-refractivity contribution in [3.8, 4) is 0 Å². The van der Waals surface area contributed by atoms with E-state index in [0.29, 0.717) is 0 Å². The van der Waals surface area contributed by atoms with Gasteiger partial charge in [-0.15, -0.1) is 0 Å². The van der Waals surface area contributed by atoms with Crippen LogP contribution in [-0.2, 0) is 4.79 Å². The van der Waals surface area contributed by atoms with Crippen molar-refractivity contribution >= 4 is 5.97 Å². The fourth-order valence-corrected chi connectivity index (χ4v) is 2.37. The van der Waals surface area contributed by atoms with Gasteiger partial charge in [0.1, 0.15) is 0 Å². The van der Waals surface area contributed by atoms with Crippen LogP contribution in [0.4, 0.5) is 0 Å². The van der Waals surface area contributed by atoms with E-state index in [1.54, 1.807) is 0 Å². The number of rotatable bonds is 15. The number of aliphatic hydroxyl groups is 1. The number of aliphatic carboxylic acids is 1. The molecule has 0 saturated carbocycles. The Hall–Kier alpha value is 0.806. The Kier molecular flexibility index (Phi) is 22.6. The van der Waals surface area contributed by atoms with Gasteiger partial charge < -0.3 is 15.0 Å². The number of carboxylic acids is 1. The van der Waals surface area contributed by atoms with Crippen LogP contribution in [-0.4, -0.2) is 17.2 Å². The fourth-order valence-electron chi connectivity index (χ4n) is 2.37. The minimum absolute atomic E-state index is 0. The molecule has 1 unspecified atom stereocenters. The molecule has 0 heterocycles. The summed E-state index contributed by atoms with van der Waals surface area (Å²) in [6, 6.07) is 0. The van der Waals surface area contributed by atoms with E-state index in [1.807, 2.05) is 6.08 Å². The maximum Gasteiger partial charge on any atom is 1.00 e. The molecule has 4 heteroatoms. The van der Waals surface area contributed by atoms with E-state index >= 15 is 0 Å². The Morgan fingerprint density at radius 1 is 1.00 bits per heavy atom. The summed E-state index contributed by atoms with van der Waals surface area (Å²) in [4.78, 5) is 10.2. The molecule has 0 aliphatic heterocycles. The molecule has 1 N–H and O–H groups in total. The third-order valence-corrected chi connectivity index (χ3v) is 3.71. The summed E-state index contributed by atoms with van der Waals surface area (Å²) in [6.07, 6.45) is 17.0. The van der Waals surface area contributed by atoms with Crippen molar-refractivity contribution in [2.24, 2.45) is 0 Å². The molecule has 0 spiro atoms. The zero-order valence-electron chi connectivity index (χ0n) is 14.7. The first kappa shape index (κ1) is 25.1. The molecule has 0 aromatic carbocycles. The molecule has 0 amide bonds. The summed E-state index contributed by atoms with van der Waals surface area (Å²) in [7, 11) is 0. The first-order chi connectivity index (χ1) is 10.2. The van der Waals surface area contributed by atoms with Gasteiger partial charge >= 0.3 is 51.4 Å². The molecule has 0 rings (SSSR count). The van der Waals surface area contributed by atoms with Crippen molar-refractivity contribution in [1.29, 1.82) is 0 Å². The normalized spacial score (nSPS) is 12.3. The molecule has 0 fully saturated rings. The van der Waals surface area contributed by atoms with Crippen LogP contribution in [0, 0.1) is 0 Å². The van der Waals surface area contributed by atoms with Gasteiger partial charge in [0.25, 0.3) is 0 Å². The molecule has 0 aliphatic rings. The number of hydrogen-bond donors (Lipinski definition) is 1. The zero-order chi connectivity index (χ0) is 15.8. The second-order valence-corrected chi connectivity index (χ2v) is 5.88. The smallest absolute Gasteiger partial charge is 0.550 e. The van der Waals surface area contributed by atoms with Gasteiger partial charge in [0, 0.05) is 5.97 Å². The second-order valence-electron chi connectivity index (χ2n) is 5.88. The van der Waals surface area contributed by atoms with Crippen LogP contribution in [0.15, 0.2) is 12.2 Å². The van der Waals surface area contributed by atoms with Crippen LogP contribution >= 0.6 is 0 Å². The van der Waals surface area contributed by atoms with Gasteiger partial charge in [-0.05, 0) is 32.1 Å². The van der Waals surface area contributed by atoms with Crippen molar-refractivity contribution < 1.29 is 66.4 Å². The van der Waals surface area contributed by atoms with Crippen LogP contribution < -0.4 is 56.5 Å². The average Bonchev–Trinajstić information content (AvgIpc) is 2.45. The van der Waals surface area contributed by atoms with Crippen LogP contribution in [0.1, 0.15) is 90.4 Å². The maximum atomic E-state index is 10.2. The van der Waals surface area contributed by atoms with E-state index in [4.69, 9.17) is 0 Å². The Morgan fingerprint density at radius 2 is 1.59 bits per heavy atom. The largest absolute Gasteiger partial charge is 1.00 e. The zero-order valence-corrected chi connectivity index (χ0v) is 17.8. The first-order valence-corrected chi connectivity index (χ1v) is 8.71. The summed E-state index contributed by atoms with van der Waals surface area (Å²) < 4.78 is 0. The minimum atomic E-state index is -0.943. The quantitative estimate of drug-likeness (QED) is 0.273. The van der Waals surface area contributed by atoms with E-state index < -0.39 is 5.97 Å². The molecule has 1 atom stereocenters. The number of aliphatic hydroxyl groups excluding tert-OH is 1. The maximum absolute atomic E-state index is 10.2. The van der Waals surface area contributed by atoms with Crippen molar-refractivity contribution in [2.45, 2.75) is 96.5 Å². The van der Waals surface area contributed by atoms with Crippen LogP contribution in [0.3, 0.4) is 0 Å². The molecule has 0 aromatic rings. The van der Waals surface area contributed by atoms with Crippen molar-refractivity contribution in [3.63, 3.8) is 0 Å². The summed E-state index contributed by atoms with van der Waals surface area (Å²) in [5.74, 6) is -0.943. The van der Waals surface area contributed by atoms with Crippen LogP contribution in [0.25, 0.3) is 0 Å². The van der Waals surface area contributed by atoms with Gasteiger partial charge in [0.15, 0.2) is 0 Å². The minimum Gasteiger partial charge on any atom is -0.550 e. The molecule has 0 aliphatic carbocycles. The first-order valence-electron chi connectivity index (χ1n) is 8.71. The molecular weight excluding hydrogens is 303 g/mol. The predicted molar refractivity (Wildman–Crippen MR) is 85.8 cm³/mol. The molecule has 124 valence electrons. The number of unbranched alkanes of at least 4 members (excludes halogenated alkanes) is 9. The Labute approximate surface area is 179 Å². The summed E-state index contributed by atoms with van der Waals surface area (Å²) in [6.45, 7) is 2.21. The van der Waals surface area contributed by atoms with Gasteiger partial charge in [-0.1, -0.05) is 70.4 Å². The summed E-state index contributed by atoms with van der Waals surface area (Å²) in [5, 5.41) is 20.0. The third kappa shape index (κ3) is 20.8. The standard InChI is InChI=1S/C18H34O3.K/c1-2-3-4-8-11-14-17(19)15-12-9-6-5-7-10-13-16-18(20)21;/h12,15,17,19H,2-11,13-14,16H2,1H3,(H,20,21);/q;+1/p-1/b15-12-;. The van der Waals surface area contributed by atoms with Crippen LogP contribution in [0.5, 0.6) is 0 Å². The number of carbonyl (C=O) groups excluding carboxylic acids is 1. The summed E-state index contributed by atoms with van der Waals surface area (Å²) >= 11 is 0. The van der Waals surface area contributed by atoms with Crippen molar-refractivity contribution in [2.75, 3.05) is 0 Å². The van der Waals surface area contributed by atoms with E-state index in [0.717, 1.165) is 51.4 Å². The predicted octanol–water partition coefficient (Wildman–Crippen LogP) is 0.749. The SMILES string of the molecule is CCCCCCCC(O)/C=C\CCCCCCCC(=O)[O-].[K+]. The fraction of sp³-hybridized carbons (Fsp3) is 0.833. The van der Waals surface area contributed by atoms with E-state index in [2.05, 4.69) is 13.0 Å². The molecule has 22 heavy (non-hydrogen) atoms. The number of hydrogen-bond acceptors (Lipinski definition) is 3. The van der Waals surface area contributed by atoms with Gasteiger partial charge in [-0.25, -0.2) is 0 Å². The van der Waals surface area contributed by atoms with Gasteiger partial charge in [-0.2, -0.15) is 0 Å². The molecule has 0 aromatic heterocycles. The van der Waals surface area contributed by atoms with Crippen LogP contribution in [0.2, 0.25) is 0 Å². The topological polar surface area (TPSA) is 60.4 Å². The monoisotopic (exact) mass is 336 g/mol. The van der Waals surface area contributed by atoms with E-state index in [1.165, 1.54) is 25.7 Å². The molecule has 0 radical (unpaired) electrons. The Morgan fingerprint density at radius 3 is 2.27 bits per heavy atom. The molecule has 3 nitrogen and oxygen atoms in total. The van der Waals surface area contributed by atoms with Gasteiger partial charge in [0.05, 0.1) is 6.10 Å². The molecular formula is C18H33KO3. The summed E-state index contributed by atoms with van der Waals surface area (Å²) in [5.41, 5.74) is 0. The van der Waals surface area contributed by atoms with Gasteiger partial charge in [0.2, 0.25) is 0 Å². The Bertz CT molecular complexity index is 267. The number of carbonyl (C=O) groups is 1. The Balaban J connectivity index is 0. The second kappa shape index (κ2) is 19.9. The molecule has 0 bridgehead atoms. The van der Waals surface area contributed by atoms with Crippen molar-refractivity contribution in [1.82, 2.24) is 0 Å². The number of allylic oxidation sites excluding steroid dienone is 1.